The molecule has 0 bridgehead atoms. The van der Waals surface area contributed by atoms with Crippen LogP contribution in [0.15, 0.2) is 60.7 Å². The van der Waals surface area contributed by atoms with Crippen LogP contribution in [0.25, 0.3) is 0 Å². The molecule has 2 aromatic carbocycles. The van der Waals surface area contributed by atoms with Crippen LogP contribution in [-0.2, 0) is 0 Å². The summed E-state index contributed by atoms with van der Waals surface area (Å²) in [7, 11) is 0. The Balaban J connectivity index is 2.39. The molecule has 2 atom stereocenters. The third-order valence-corrected chi connectivity index (χ3v) is 3.80. The highest BCUT2D eigenvalue weighted by atomic mass is 15.1. The zero-order valence-electron chi connectivity index (χ0n) is 17.9. The first-order chi connectivity index (χ1) is 13.1. The van der Waals surface area contributed by atoms with Gasteiger partial charge in [-0.1, -0.05) is 60.1 Å². The van der Waals surface area contributed by atoms with E-state index < -0.39 is 0 Å². The molecule has 0 fully saturated rings. The largest absolute Gasteiger partial charge is 0.297 e. The van der Waals surface area contributed by atoms with Gasteiger partial charge in [-0.05, 0) is 65.8 Å². The molecular formula is C26H32N2. The summed E-state index contributed by atoms with van der Waals surface area (Å²) in [5, 5.41) is 7.29. The zero-order chi connectivity index (χ0) is 20.6. The first kappa shape index (κ1) is 21.8. The van der Waals surface area contributed by atoms with E-state index in [4.69, 9.17) is 0 Å². The molecule has 0 aliphatic carbocycles. The summed E-state index contributed by atoms with van der Waals surface area (Å²) in [6.45, 7) is 12.9. The standard InChI is InChI=1S/C26H32N2/c1-25(2,3)27-23(19-17-21-13-9-7-10-14-21)24(28-26(4,5)6)20-18-22-15-11-8-12-16-22/h7-16,23-24,27-28H,1-6H3/t23-,24+. The Morgan fingerprint density at radius 1 is 0.571 bits per heavy atom. The van der Waals surface area contributed by atoms with Gasteiger partial charge in [-0.25, -0.2) is 0 Å². The van der Waals surface area contributed by atoms with Gasteiger partial charge in [0.2, 0.25) is 0 Å². The smallest absolute Gasteiger partial charge is 0.0967 e. The number of rotatable bonds is 3. The van der Waals surface area contributed by atoms with Gasteiger partial charge < -0.3 is 0 Å². The van der Waals surface area contributed by atoms with Crippen LogP contribution in [0, 0.1) is 23.7 Å². The van der Waals surface area contributed by atoms with Crippen molar-refractivity contribution in [2.45, 2.75) is 64.7 Å². The highest BCUT2D eigenvalue weighted by Crippen LogP contribution is 2.09. The first-order valence-electron chi connectivity index (χ1n) is 9.81. The molecule has 0 unspecified atom stereocenters. The van der Waals surface area contributed by atoms with Crippen molar-refractivity contribution in [2.75, 3.05) is 0 Å². The molecule has 146 valence electrons. The van der Waals surface area contributed by atoms with Crippen molar-refractivity contribution in [3.05, 3.63) is 71.8 Å². The second-order valence-corrected chi connectivity index (χ2v) is 9.01. The molecule has 2 aromatic rings. The second-order valence-electron chi connectivity index (χ2n) is 9.01. The van der Waals surface area contributed by atoms with E-state index in [0.29, 0.717) is 0 Å². The van der Waals surface area contributed by atoms with Crippen LogP contribution in [0.5, 0.6) is 0 Å². The van der Waals surface area contributed by atoms with Gasteiger partial charge in [0.25, 0.3) is 0 Å². The minimum Gasteiger partial charge on any atom is -0.297 e. The lowest BCUT2D eigenvalue weighted by Gasteiger charge is -2.33. The maximum atomic E-state index is 3.65. The zero-order valence-corrected chi connectivity index (χ0v) is 17.9. The van der Waals surface area contributed by atoms with Crippen LogP contribution in [0.3, 0.4) is 0 Å². The molecule has 0 spiro atoms. The van der Waals surface area contributed by atoms with E-state index in [2.05, 4.69) is 75.9 Å². The van der Waals surface area contributed by atoms with Crippen LogP contribution >= 0.6 is 0 Å². The van der Waals surface area contributed by atoms with Gasteiger partial charge in [-0.2, -0.15) is 0 Å². The Morgan fingerprint density at radius 2 is 0.893 bits per heavy atom. The van der Waals surface area contributed by atoms with E-state index in [-0.39, 0.29) is 23.2 Å². The summed E-state index contributed by atoms with van der Waals surface area (Å²) in [6, 6.07) is 19.9. The van der Waals surface area contributed by atoms with Gasteiger partial charge in [0.1, 0.15) is 0 Å². The average molecular weight is 373 g/mol. The van der Waals surface area contributed by atoms with E-state index >= 15 is 0 Å². The van der Waals surface area contributed by atoms with Crippen LogP contribution in [0.4, 0.5) is 0 Å². The van der Waals surface area contributed by atoms with Crippen molar-refractivity contribution in [1.82, 2.24) is 10.6 Å². The molecular weight excluding hydrogens is 340 g/mol. The van der Waals surface area contributed by atoms with E-state index in [1.54, 1.807) is 0 Å². The SMILES string of the molecule is CC(C)(C)N[C@@H](C#Cc1ccccc1)[C@@H](C#Cc1ccccc1)NC(C)(C)C. The van der Waals surface area contributed by atoms with Gasteiger partial charge in [-0.3, -0.25) is 10.6 Å². The molecule has 0 heterocycles. The number of hydrogen-bond donors (Lipinski definition) is 2. The summed E-state index contributed by atoms with van der Waals surface area (Å²) in [5.74, 6) is 13.5. The van der Waals surface area contributed by atoms with Gasteiger partial charge in [0.05, 0.1) is 12.1 Å². The van der Waals surface area contributed by atoms with Crippen molar-refractivity contribution < 1.29 is 0 Å². The second kappa shape index (κ2) is 9.61. The van der Waals surface area contributed by atoms with Crippen LogP contribution < -0.4 is 10.6 Å². The summed E-state index contributed by atoms with van der Waals surface area (Å²) >= 11 is 0. The highest BCUT2D eigenvalue weighted by Gasteiger charge is 2.26. The number of hydrogen-bond acceptors (Lipinski definition) is 2. The van der Waals surface area contributed by atoms with Crippen LogP contribution in [-0.4, -0.2) is 23.2 Å². The Hall–Kier alpha value is -2.52. The monoisotopic (exact) mass is 372 g/mol. The molecule has 28 heavy (non-hydrogen) atoms. The van der Waals surface area contributed by atoms with Crippen molar-refractivity contribution in [3.8, 4) is 23.7 Å². The maximum absolute atomic E-state index is 3.65. The molecule has 2 heteroatoms. The Labute approximate surface area is 171 Å². The van der Waals surface area contributed by atoms with Crippen molar-refractivity contribution in [1.29, 1.82) is 0 Å². The molecule has 0 aliphatic rings. The molecule has 0 saturated heterocycles. The predicted octanol–water partition coefficient (Wildman–Crippen LogP) is 4.60. The van der Waals surface area contributed by atoms with Crippen molar-refractivity contribution in [3.63, 3.8) is 0 Å². The number of benzene rings is 2. The lowest BCUT2D eigenvalue weighted by atomic mass is 9.98. The Bertz CT molecular complexity index is 772. The Kier molecular flexibility index (Phi) is 7.47. The third-order valence-electron chi connectivity index (χ3n) is 3.80. The lowest BCUT2D eigenvalue weighted by Crippen LogP contribution is -2.56. The van der Waals surface area contributed by atoms with Gasteiger partial charge in [0, 0.05) is 22.2 Å². The van der Waals surface area contributed by atoms with Gasteiger partial charge in [0.15, 0.2) is 0 Å². The summed E-state index contributed by atoms with van der Waals surface area (Å²) < 4.78 is 0. The van der Waals surface area contributed by atoms with Crippen LogP contribution in [0.2, 0.25) is 0 Å². The minimum atomic E-state index is -0.115. The molecule has 0 aromatic heterocycles. The van der Waals surface area contributed by atoms with Crippen LogP contribution in [0.1, 0.15) is 52.7 Å². The highest BCUT2D eigenvalue weighted by molar-refractivity contribution is 5.39. The lowest BCUT2D eigenvalue weighted by molar-refractivity contribution is 0.320. The quantitative estimate of drug-likeness (QED) is 0.769. The van der Waals surface area contributed by atoms with Gasteiger partial charge >= 0.3 is 0 Å². The number of nitrogens with one attached hydrogen (secondary N) is 2. The summed E-state index contributed by atoms with van der Waals surface area (Å²) in [6.07, 6.45) is 0. The van der Waals surface area contributed by atoms with Crippen molar-refractivity contribution >= 4 is 0 Å². The normalized spacial score (nSPS) is 13.5. The summed E-state index contributed by atoms with van der Waals surface area (Å²) in [5.41, 5.74) is 1.85. The minimum absolute atomic E-state index is 0.0811. The van der Waals surface area contributed by atoms with E-state index in [0.717, 1.165) is 11.1 Å². The van der Waals surface area contributed by atoms with E-state index in [9.17, 15) is 0 Å². The van der Waals surface area contributed by atoms with E-state index in [1.165, 1.54) is 0 Å². The van der Waals surface area contributed by atoms with Crippen molar-refractivity contribution in [2.24, 2.45) is 0 Å². The maximum Gasteiger partial charge on any atom is 0.0967 e. The topological polar surface area (TPSA) is 24.1 Å². The fraction of sp³-hybridized carbons (Fsp3) is 0.385. The van der Waals surface area contributed by atoms with E-state index in [1.807, 2.05) is 60.7 Å². The molecule has 0 aliphatic heterocycles. The third kappa shape index (κ3) is 8.45. The predicted molar refractivity (Wildman–Crippen MR) is 120 cm³/mol. The fourth-order valence-corrected chi connectivity index (χ4v) is 2.70. The average Bonchev–Trinajstić information content (AvgIpc) is 2.62. The molecule has 2 N–H and O–H groups in total. The fourth-order valence-electron chi connectivity index (χ4n) is 2.70. The molecule has 2 rings (SSSR count). The molecule has 0 radical (unpaired) electrons. The molecule has 0 amide bonds. The molecule has 2 nitrogen and oxygen atoms in total. The Morgan fingerprint density at radius 3 is 1.18 bits per heavy atom. The first-order valence-corrected chi connectivity index (χ1v) is 9.81. The van der Waals surface area contributed by atoms with Gasteiger partial charge in [-0.15, -0.1) is 0 Å². The summed E-state index contributed by atoms with van der Waals surface area (Å²) in [4.78, 5) is 0. The molecule has 0 saturated carbocycles.